The van der Waals surface area contributed by atoms with E-state index < -0.39 is 0 Å². The summed E-state index contributed by atoms with van der Waals surface area (Å²) < 4.78 is 0. The number of nitrogens with zero attached hydrogens (tertiary/aromatic N) is 3. The van der Waals surface area contributed by atoms with Crippen LogP contribution in [-0.2, 0) is 6.42 Å². The van der Waals surface area contributed by atoms with Gasteiger partial charge < -0.3 is 5.73 Å². The van der Waals surface area contributed by atoms with Crippen molar-refractivity contribution in [1.29, 1.82) is 0 Å². The number of aromatic nitrogens is 3. The Balaban J connectivity index is 1.74. The Bertz CT molecular complexity index is 771. The second-order valence-electron chi connectivity index (χ2n) is 4.72. The quantitative estimate of drug-likeness (QED) is 0.733. The first-order valence-corrected chi connectivity index (χ1v) is 7.65. The SMILES string of the molecule is Nc1nc(-c2cccnc2)sc1C(=O)CCc1ccccn1. The Morgan fingerprint density at radius 1 is 1.18 bits per heavy atom. The largest absolute Gasteiger partial charge is 0.382 e. The summed E-state index contributed by atoms with van der Waals surface area (Å²) in [5, 5.41) is 0.715. The smallest absolute Gasteiger partial charge is 0.177 e. The van der Waals surface area contributed by atoms with Gasteiger partial charge in [0.2, 0.25) is 0 Å². The molecule has 3 rings (SSSR count). The number of hydrogen-bond acceptors (Lipinski definition) is 6. The van der Waals surface area contributed by atoms with E-state index in [1.807, 2.05) is 30.3 Å². The first-order chi connectivity index (χ1) is 10.7. The van der Waals surface area contributed by atoms with Crippen LogP contribution in [0.1, 0.15) is 21.8 Å². The van der Waals surface area contributed by atoms with Crippen molar-refractivity contribution in [3.8, 4) is 10.6 Å². The number of nitrogens with two attached hydrogens (primary N) is 1. The second kappa shape index (κ2) is 6.44. The lowest BCUT2D eigenvalue weighted by Crippen LogP contribution is -2.03. The van der Waals surface area contributed by atoms with Crippen LogP contribution in [0, 0.1) is 0 Å². The number of anilines is 1. The lowest BCUT2D eigenvalue weighted by atomic mass is 10.1. The molecule has 22 heavy (non-hydrogen) atoms. The molecule has 0 aliphatic heterocycles. The van der Waals surface area contributed by atoms with E-state index >= 15 is 0 Å². The fourth-order valence-electron chi connectivity index (χ4n) is 2.05. The van der Waals surface area contributed by atoms with Crippen molar-refractivity contribution < 1.29 is 4.79 Å². The molecule has 110 valence electrons. The number of pyridine rings is 2. The minimum Gasteiger partial charge on any atom is -0.382 e. The molecule has 0 spiro atoms. The molecule has 0 bridgehead atoms. The number of carbonyl (C=O) groups is 1. The Labute approximate surface area is 131 Å². The molecule has 6 heteroatoms. The third-order valence-electron chi connectivity index (χ3n) is 3.15. The maximum Gasteiger partial charge on any atom is 0.177 e. The van der Waals surface area contributed by atoms with Crippen LogP contribution in [0.3, 0.4) is 0 Å². The van der Waals surface area contributed by atoms with Crippen molar-refractivity contribution in [1.82, 2.24) is 15.0 Å². The summed E-state index contributed by atoms with van der Waals surface area (Å²) in [5.74, 6) is 0.283. The summed E-state index contributed by atoms with van der Waals surface area (Å²) in [4.78, 5) is 25.4. The highest BCUT2D eigenvalue weighted by Crippen LogP contribution is 2.30. The number of carbonyl (C=O) groups excluding carboxylic acids is 1. The number of ketones is 1. The van der Waals surface area contributed by atoms with Crippen molar-refractivity contribution in [3.63, 3.8) is 0 Å². The zero-order valence-corrected chi connectivity index (χ0v) is 12.6. The topological polar surface area (TPSA) is 81.8 Å². The van der Waals surface area contributed by atoms with E-state index in [9.17, 15) is 4.79 Å². The fourth-order valence-corrected chi connectivity index (χ4v) is 2.99. The van der Waals surface area contributed by atoms with E-state index in [2.05, 4.69) is 15.0 Å². The summed E-state index contributed by atoms with van der Waals surface area (Å²) in [7, 11) is 0. The standard InChI is InChI=1S/C16H14N4OS/c17-15-14(13(21)7-6-12-5-1-2-9-19-12)22-16(20-15)11-4-3-8-18-10-11/h1-5,8-10H,6-7,17H2. The summed E-state index contributed by atoms with van der Waals surface area (Å²) >= 11 is 1.31. The molecule has 0 aliphatic rings. The number of hydrogen-bond donors (Lipinski definition) is 1. The molecule has 2 N–H and O–H groups in total. The zero-order valence-electron chi connectivity index (χ0n) is 11.8. The van der Waals surface area contributed by atoms with E-state index in [1.54, 1.807) is 18.6 Å². The van der Waals surface area contributed by atoms with Gasteiger partial charge in [0.25, 0.3) is 0 Å². The summed E-state index contributed by atoms with van der Waals surface area (Å²) in [6.07, 6.45) is 6.09. The molecule has 3 aromatic heterocycles. The molecule has 0 aliphatic carbocycles. The molecule has 3 aromatic rings. The van der Waals surface area contributed by atoms with Gasteiger partial charge in [-0.3, -0.25) is 14.8 Å². The molecular formula is C16H14N4OS. The van der Waals surface area contributed by atoms with Gasteiger partial charge in [0.1, 0.15) is 15.7 Å². The van der Waals surface area contributed by atoms with Gasteiger partial charge in [-0.25, -0.2) is 4.98 Å². The summed E-state index contributed by atoms with van der Waals surface area (Å²) in [6.45, 7) is 0. The Hall–Kier alpha value is -2.60. The van der Waals surface area contributed by atoms with Crippen molar-refractivity contribution in [2.45, 2.75) is 12.8 Å². The molecular weight excluding hydrogens is 296 g/mol. The van der Waals surface area contributed by atoms with Gasteiger partial charge in [0.05, 0.1) is 0 Å². The predicted molar refractivity (Wildman–Crippen MR) is 86.6 cm³/mol. The zero-order chi connectivity index (χ0) is 15.4. The van der Waals surface area contributed by atoms with Gasteiger partial charge in [0, 0.05) is 36.3 Å². The highest BCUT2D eigenvalue weighted by molar-refractivity contribution is 7.17. The number of nitrogen functional groups attached to an aromatic ring is 1. The van der Waals surface area contributed by atoms with Gasteiger partial charge >= 0.3 is 0 Å². The first-order valence-electron chi connectivity index (χ1n) is 6.84. The van der Waals surface area contributed by atoms with Crippen molar-refractivity contribution in [2.24, 2.45) is 0 Å². The molecule has 5 nitrogen and oxygen atoms in total. The molecule has 0 amide bonds. The Kier molecular flexibility index (Phi) is 4.20. The van der Waals surface area contributed by atoms with E-state index in [0.717, 1.165) is 11.3 Å². The number of thiazole rings is 1. The molecule has 0 atom stereocenters. The highest BCUT2D eigenvalue weighted by atomic mass is 32.1. The van der Waals surface area contributed by atoms with E-state index in [-0.39, 0.29) is 11.6 Å². The first kappa shape index (κ1) is 14.3. The fraction of sp³-hybridized carbons (Fsp3) is 0.125. The van der Waals surface area contributed by atoms with Crippen molar-refractivity contribution in [3.05, 3.63) is 59.5 Å². The van der Waals surface area contributed by atoms with Crippen LogP contribution in [0.25, 0.3) is 10.6 Å². The highest BCUT2D eigenvalue weighted by Gasteiger charge is 2.17. The average Bonchev–Trinajstić information content (AvgIpc) is 2.96. The molecule has 0 fully saturated rings. The molecule has 0 radical (unpaired) electrons. The van der Waals surface area contributed by atoms with Gasteiger partial charge in [-0.2, -0.15) is 0 Å². The lowest BCUT2D eigenvalue weighted by Gasteiger charge is -1.99. The predicted octanol–water partition coefficient (Wildman–Crippen LogP) is 3.00. The van der Waals surface area contributed by atoms with Crippen LogP contribution in [0.2, 0.25) is 0 Å². The van der Waals surface area contributed by atoms with Crippen LogP contribution >= 0.6 is 11.3 Å². The summed E-state index contributed by atoms with van der Waals surface area (Å²) in [5.41, 5.74) is 7.65. The van der Waals surface area contributed by atoms with Gasteiger partial charge in [-0.15, -0.1) is 11.3 Å². The summed E-state index contributed by atoms with van der Waals surface area (Å²) in [6, 6.07) is 9.40. The monoisotopic (exact) mass is 310 g/mol. The van der Waals surface area contributed by atoms with E-state index in [0.29, 0.717) is 22.7 Å². The van der Waals surface area contributed by atoms with Crippen LogP contribution < -0.4 is 5.73 Å². The third kappa shape index (κ3) is 3.17. The van der Waals surface area contributed by atoms with Crippen LogP contribution in [0.4, 0.5) is 5.82 Å². The van der Waals surface area contributed by atoms with E-state index in [4.69, 9.17) is 5.73 Å². The van der Waals surface area contributed by atoms with Crippen molar-refractivity contribution >= 4 is 22.9 Å². The number of aryl methyl sites for hydroxylation is 1. The van der Waals surface area contributed by atoms with Gasteiger partial charge in [-0.1, -0.05) is 6.07 Å². The third-order valence-corrected chi connectivity index (χ3v) is 4.31. The van der Waals surface area contributed by atoms with Crippen LogP contribution in [0.15, 0.2) is 48.9 Å². The average molecular weight is 310 g/mol. The second-order valence-corrected chi connectivity index (χ2v) is 5.72. The Morgan fingerprint density at radius 2 is 2.09 bits per heavy atom. The van der Waals surface area contributed by atoms with E-state index in [1.165, 1.54) is 11.3 Å². The van der Waals surface area contributed by atoms with Crippen LogP contribution in [-0.4, -0.2) is 20.7 Å². The maximum atomic E-state index is 12.3. The number of Topliss-reactive ketones (excluding diaryl/α,β-unsaturated/α-hetero) is 1. The molecule has 0 saturated heterocycles. The number of rotatable bonds is 5. The van der Waals surface area contributed by atoms with Gasteiger partial charge in [-0.05, 0) is 30.7 Å². The van der Waals surface area contributed by atoms with Crippen molar-refractivity contribution in [2.75, 3.05) is 5.73 Å². The minimum atomic E-state index is -0.00390. The molecule has 0 aromatic carbocycles. The van der Waals surface area contributed by atoms with Gasteiger partial charge in [0.15, 0.2) is 5.78 Å². The lowest BCUT2D eigenvalue weighted by molar-refractivity contribution is 0.0987. The molecule has 0 unspecified atom stereocenters. The van der Waals surface area contributed by atoms with Crippen LogP contribution in [0.5, 0.6) is 0 Å². The maximum absolute atomic E-state index is 12.3. The normalized spacial score (nSPS) is 10.5. The molecule has 0 saturated carbocycles. The Morgan fingerprint density at radius 3 is 2.82 bits per heavy atom. The molecule has 3 heterocycles. The minimum absolute atomic E-state index is 0.00390.